The minimum absolute atomic E-state index is 0.452. The zero-order valence-corrected chi connectivity index (χ0v) is 9.89. The van der Waals surface area contributed by atoms with E-state index in [4.69, 9.17) is 9.68 Å². The van der Waals surface area contributed by atoms with E-state index in [0.717, 1.165) is 5.52 Å². The van der Waals surface area contributed by atoms with E-state index in [2.05, 4.69) is 21.3 Å². The molecule has 5 nitrogen and oxygen atoms in total. The van der Waals surface area contributed by atoms with Crippen LogP contribution in [0.2, 0.25) is 0 Å². The Hall–Kier alpha value is -2.39. The van der Waals surface area contributed by atoms with Crippen molar-refractivity contribution in [3.05, 3.63) is 42.1 Å². The van der Waals surface area contributed by atoms with E-state index in [1.807, 2.05) is 24.3 Å². The molecule has 18 heavy (non-hydrogen) atoms. The zero-order chi connectivity index (χ0) is 12.4. The lowest BCUT2D eigenvalue weighted by molar-refractivity contribution is 0.489. The molecule has 0 aliphatic carbocycles. The van der Waals surface area contributed by atoms with Gasteiger partial charge in [-0.25, -0.2) is 4.98 Å². The maximum atomic E-state index is 8.95. The Balaban J connectivity index is 1.99. The largest absolute Gasteiger partial charge is 0.431 e. The highest BCUT2D eigenvalue weighted by atomic mass is 32.2. The van der Waals surface area contributed by atoms with Gasteiger partial charge in [-0.05, 0) is 30.0 Å². The Morgan fingerprint density at radius 2 is 2.11 bits per heavy atom. The van der Waals surface area contributed by atoms with E-state index < -0.39 is 0 Å². The third kappa shape index (κ3) is 1.92. The van der Waals surface area contributed by atoms with Crippen LogP contribution in [0, 0.1) is 11.3 Å². The minimum Gasteiger partial charge on any atom is -0.431 e. The first kappa shape index (κ1) is 10.7. The SMILES string of the molecule is N#Cc1ccnnc1Sc1nc2ccccc2o1. The summed E-state index contributed by atoms with van der Waals surface area (Å²) in [5, 5.41) is 17.6. The standard InChI is InChI=1S/C12H6N4OS/c13-7-8-5-6-14-16-11(8)18-12-15-9-3-1-2-4-10(9)17-12/h1-6H. The summed E-state index contributed by atoms with van der Waals surface area (Å²) in [6.45, 7) is 0. The average molecular weight is 254 g/mol. The molecule has 2 aromatic heterocycles. The first-order valence-corrected chi connectivity index (χ1v) is 5.93. The van der Waals surface area contributed by atoms with Crippen molar-refractivity contribution in [3.8, 4) is 6.07 Å². The van der Waals surface area contributed by atoms with Crippen molar-refractivity contribution in [2.24, 2.45) is 0 Å². The van der Waals surface area contributed by atoms with Gasteiger partial charge in [0.05, 0.1) is 11.8 Å². The number of rotatable bonds is 2. The summed E-state index contributed by atoms with van der Waals surface area (Å²) in [6, 6.07) is 11.1. The number of oxazole rings is 1. The van der Waals surface area contributed by atoms with E-state index in [9.17, 15) is 0 Å². The molecule has 1 aromatic carbocycles. The van der Waals surface area contributed by atoms with E-state index in [-0.39, 0.29) is 0 Å². The fourth-order valence-corrected chi connectivity index (χ4v) is 2.21. The molecule has 0 aliphatic rings. The van der Waals surface area contributed by atoms with Crippen molar-refractivity contribution in [3.63, 3.8) is 0 Å². The molecule has 2 heterocycles. The molecule has 0 aliphatic heterocycles. The molecule has 0 spiro atoms. The molecule has 0 radical (unpaired) electrons. The van der Waals surface area contributed by atoms with Crippen LogP contribution in [0.15, 0.2) is 51.2 Å². The number of aromatic nitrogens is 3. The van der Waals surface area contributed by atoms with Gasteiger partial charge in [-0.15, -0.1) is 5.10 Å². The number of benzene rings is 1. The number of fused-ring (bicyclic) bond motifs is 1. The third-order valence-electron chi connectivity index (χ3n) is 2.27. The van der Waals surface area contributed by atoms with E-state index >= 15 is 0 Å². The van der Waals surface area contributed by atoms with Gasteiger partial charge >= 0.3 is 0 Å². The van der Waals surface area contributed by atoms with Crippen LogP contribution < -0.4 is 0 Å². The van der Waals surface area contributed by atoms with E-state index in [0.29, 0.717) is 21.4 Å². The molecule has 0 atom stereocenters. The number of nitrogens with zero attached hydrogens (tertiary/aromatic N) is 4. The van der Waals surface area contributed by atoms with Crippen molar-refractivity contribution >= 4 is 22.9 Å². The highest BCUT2D eigenvalue weighted by Gasteiger charge is 2.11. The van der Waals surface area contributed by atoms with Gasteiger partial charge in [-0.3, -0.25) is 0 Å². The molecular formula is C12H6N4OS. The maximum Gasteiger partial charge on any atom is 0.263 e. The van der Waals surface area contributed by atoms with Gasteiger partial charge in [0.1, 0.15) is 16.6 Å². The van der Waals surface area contributed by atoms with Gasteiger partial charge in [-0.2, -0.15) is 10.4 Å². The van der Waals surface area contributed by atoms with Crippen LogP contribution in [0.5, 0.6) is 0 Å². The number of nitriles is 1. The molecule has 6 heteroatoms. The summed E-state index contributed by atoms with van der Waals surface area (Å²) in [5.74, 6) is 0. The van der Waals surface area contributed by atoms with E-state index in [1.165, 1.54) is 18.0 Å². The van der Waals surface area contributed by atoms with Crippen LogP contribution >= 0.6 is 11.8 Å². The molecule has 3 rings (SSSR count). The summed E-state index contributed by atoms with van der Waals surface area (Å²) in [7, 11) is 0. The lowest BCUT2D eigenvalue weighted by Crippen LogP contribution is -1.88. The second-order valence-electron chi connectivity index (χ2n) is 3.41. The molecule has 0 bridgehead atoms. The van der Waals surface area contributed by atoms with Gasteiger partial charge in [0.25, 0.3) is 5.22 Å². The lowest BCUT2D eigenvalue weighted by atomic mass is 10.3. The molecule has 0 saturated heterocycles. The Morgan fingerprint density at radius 3 is 2.94 bits per heavy atom. The Bertz CT molecular complexity index is 714. The van der Waals surface area contributed by atoms with Crippen molar-refractivity contribution in [1.82, 2.24) is 15.2 Å². The third-order valence-corrected chi connectivity index (χ3v) is 3.11. The lowest BCUT2D eigenvalue weighted by Gasteiger charge is -1.95. The predicted octanol–water partition coefficient (Wildman–Crippen LogP) is 2.64. The molecule has 0 N–H and O–H groups in total. The Kier molecular flexibility index (Phi) is 2.67. The van der Waals surface area contributed by atoms with Gasteiger partial charge in [0.15, 0.2) is 5.58 Å². The number of hydrogen-bond acceptors (Lipinski definition) is 6. The fraction of sp³-hybridized carbons (Fsp3) is 0. The van der Waals surface area contributed by atoms with Gasteiger partial charge in [0.2, 0.25) is 0 Å². The topological polar surface area (TPSA) is 75.6 Å². The Labute approximate surface area is 106 Å². The molecule has 0 unspecified atom stereocenters. The van der Waals surface area contributed by atoms with Gasteiger partial charge in [-0.1, -0.05) is 12.1 Å². The predicted molar refractivity (Wildman–Crippen MR) is 64.9 cm³/mol. The molecule has 86 valence electrons. The van der Waals surface area contributed by atoms with E-state index in [1.54, 1.807) is 6.07 Å². The van der Waals surface area contributed by atoms with Crippen LogP contribution in [-0.2, 0) is 0 Å². The number of hydrogen-bond donors (Lipinski definition) is 0. The van der Waals surface area contributed by atoms with Crippen LogP contribution in [-0.4, -0.2) is 15.2 Å². The van der Waals surface area contributed by atoms with Crippen LogP contribution in [0.3, 0.4) is 0 Å². The van der Waals surface area contributed by atoms with Crippen molar-refractivity contribution in [2.75, 3.05) is 0 Å². The van der Waals surface area contributed by atoms with Gasteiger partial charge in [0, 0.05) is 0 Å². The number of para-hydroxylation sites is 2. The van der Waals surface area contributed by atoms with Crippen molar-refractivity contribution in [1.29, 1.82) is 5.26 Å². The normalized spacial score (nSPS) is 10.4. The van der Waals surface area contributed by atoms with Crippen LogP contribution in [0.25, 0.3) is 11.1 Å². The van der Waals surface area contributed by atoms with Gasteiger partial charge < -0.3 is 4.42 Å². The summed E-state index contributed by atoms with van der Waals surface area (Å²) in [4.78, 5) is 4.30. The second-order valence-corrected chi connectivity index (χ2v) is 4.35. The fourth-order valence-electron chi connectivity index (χ4n) is 1.46. The molecule has 0 fully saturated rings. The smallest absolute Gasteiger partial charge is 0.263 e. The second kappa shape index (κ2) is 4.47. The van der Waals surface area contributed by atoms with Crippen LogP contribution in [0.1, 0.15) is 5.56 Å². The minimum atomic E-state index is 0.452. The average Bonchev–Trinajstić information content (AvgIpc) is 2.81. The first-order valence-electron chi connectivity index (χ1n) is 5.12. The molecule has 0 saturated carbocycles. The first-order chi connectivity index (χ1) is 8.86. The highest BCUT2D eigenvalue weighted by Crippen LogP contribution is 2.29. The molecule has 3 aromatic rings. The molecular weight excluding hydrogens is 248 g/mol. The maximum absolute atomic E-state index is 8.95. The van der Waals surface area contributed by atoms with Crippen molar-refractivity contribution < 1.29 is 4.42 Å². The highest BCUT2D eigenvalue weighted by molar-refractivity contribution is 7.99. The van der Waals surface area contributed by atoms with Crippen molar-refractivity contribution in [2.45, 2.75) is 10.2 Å². The summed E-state index contributed by atoms with van der Waals surface area (Å²) < 4.78 is 5.55. The molecule has 0 amide bonds. The zero-order valence-electron chi connectivity index (χ0n) is 9.07. The monoisotopic (exact) mass is 254 g/mol. The summed E-state index contributed by atoms with van der Waals surface area (Å²) >= 11 is 1.19. The summed E-state index contributed by atoms with van der Waals surface area (Å²) in [5.41, 5.74) is 1.95. The Morgan fingerprint density at radius 1 is 1.22 bits per heavy atom. The van der Waals surface area contributed by atoms with Crippen LogP contribution in [0.4, 0.5) is 0 Å². The quantitative estimate of drug-likeness (QED) is 0.699. The summed E-state index contributed by atoms with van der Waals surface area (Å²) in [6.07, 6.45) is 1.48.